The molecule has 8 heteroatoms. The van der Waals surface area contributed by atoms with E-state index in [1.165, 1.54) is 16.2 Å². The normalized spacial score (nSPS) is 14.8. The summed E-state index contributed by atoms with van der Waals surface area (Å²) in [6.07, 6.45) is 0.936. The highest BCUT2D eigenvalue weighted by Gasteiger charge is 2.19. The van der Waals surface area contributed by atoms with Gasteiger partial charge >= 0.3 is 6.03 Å². The fraction of sp³-hybridized carbons (Fsp3) is 0.462. The van der Waals surface area contributed by atoms with Gasteiger partial charge in [-0.25, -0.2) is 9.78 Å². The smallest absolute Gasteiger partial charge is 0.301 e. The number of likely N-dealkylation sites (N-methyl/N-ethyl adjacent to an activating group) is 1. The molecule has 3 rings (SSSR count). The van der Waals surface area contributed by atoms with E-state index in [-0.39, 0.29) is 6.03 Å². The molecule has 2 N–H and O–H groups in total. The van der Waals surface area contributed by atoms with Gasteiger partial charge in [0.2, 0.25) is 0 Å². The Balaban J connectivity index is 1.65. The third-order valence-electron chi connectivity index (χ3n) is 3.50. The molecule has 0 bridgehead atoms. The van der Waals surface area contributed by atoms with Gasteiger partial charge in [0.05, 0.1) is 5.69 Å². The predicted molar refractivity (Wildman–Crippen MR) is 82.7 cm³/mol. The Hall–Kier alpha value is -1.93. The highest BCUT2D eigenvalue weighted by atomic mass is 32.1. The number of carbonyl (C=O) groups is 1. The van der Waals surface area contributed by atoms with Crippen molar-refractivity contribution < 1.29 is 4.79 Å². The molecule has 1 aliphatic heterocycles. The van der Waals surface area contributed by atoms with Crippen LogP contribution in [0.15, 0.2) is 6.07 Å². The summed E-state index contributed by atoms with van der Waals surface area (Å²) in [5.41, 5.74) is 2.08. The summed E-state index contributed by atoms with van der Waals surface area (Å²) < 4.78 is 1.72. The molecule has 0 unspecified atom stereocenters. The standard InChI is InChI=1S/C13H18N6OS/c1-8-6-11(17-19(8)3)15-12(20)16-13-14-9-4-5-18(2)7-10(9)21-13/h6H,4-5,7H2,1-3H3,(H2,14,15,16,17,20). The zero-order chi connectivity index (χ0) is 15.0. The topological polar surface area (TPSA) is 75.1 Å². The monoisotopic (exact) mass is 306 g/mol. The molecule has 21 heavy (non-hydrogen) atoms. The number of aryl methyl sites for hydroxylation is 2. The van der Waals surface area contributed by atoms with Crippen molar-refractivity contribution in [3.63, 3.8) is 0 Å². The van der Waals surface area contributed by atoms with Crippen LogP contribution >= 0.6 is 11.3 Å². The zero-order valence-corrected chi connectivity index (χ0v) is 13.1. The SMILES string of the molecule is Cc1cc(NC(=O)Nc2nc3c(s2)CN(C)CC3)nn1C. The van der Waals surface area contributed by atoms with Gasteiger partial charge in [0.1, 0.15) is 0 Å². The number of hydrogen-bond donors (Lipinski definition) is 2. The maximum absolute atomic E-state index is 12.0. The van der Waals surface area contributed by atoms with Gasteiger partial charge in [0.25, 0.3) is 0 Å². The zero-order valence-electron chi connectivity index (χ0n) is 12.3. The largest absolute Gasteiger partial charge is 0.326 e. The number of anilines is 2. The first kappa shape index (κ1) is 14.0. The minimum absolute atomic E-state index is 0.312. The summed E-state index contributed by atoms with van der Waals surface area (Å²) >= 11 is 1.54. The summed E-state index contributed by atoms with van der Waals surface area (Å²) in [6.45, 7) is 3.84. The molecule has 0 aromatic carbocycles. The Morgan fingerprint density at radius 3 is 2.90 bits per heavy atom. The second-order valence-electron chi connectivity index (χ2n) is 5.25. The summed E-state index contributed by atoms with van der Waals surface area (Å²) in [6, 6.07) is 1.51. The van der Waals surface area contributed by atoms with Gasteiger partial charge in [-0.3, -0.25) is 15.3 Å². The molecule has 2 amide bonds. The van der Waals surface area contributed by atoms with Crippen molar-refractivity contribution in [1.82, 2.24) is 19.7 Å². The molecular formula is C13H18N6OS. The molecule has 0 fully saturated rings. The second kappa shape index (κ2) is 5.45. The molecule has 7 nitrogen and oxygen atoms in total. The minimum atomic E-state index is -0.312. The average molecular weight is 306 g/mol. The number of thiazole rings is 1. The molecule has 3 heterocycles. The van der Waals surface area contributed by atoms with Crippen molar-refractivity contribution in [2.45, 2.75) is 19.9 Å². The first-order valence-electron chi connectivity index (χ1n) is 6.77. The molecule has 2 aromatic rings. The van der Waals surface area contributed by atoms with Gasteiger partial charge in [-0.15, -0.1) is 11.3 Å². The molecule has 0 saturated heterocycles. The number of urea groups is 1. The highest BCUT2D eigenvalue weighted by Crippen LogP contribution is 2.27. The Bertz CT molecular complexity index is 657. The summed E-state index contributed by atoms with van der Waals surface area (Å²) in [7, 11) is 3.93. The summed E-state index contributed by atoms with van der Waals surface area (Å²) in [5, 5.41) is 10.3. The van der Waals surface area contributed by atoms with E-state index in [2.05, 4.69) is 32.7 Å². The van der Waals surface area contributed by atoms with E-state index >= 15 is 0 Å². The lowest BCUT2D eigenvalue weighted by atomic mass is 10.2. The molecule has 1 aliphatic rings. The first-order chi connectivity index (χ1) is 10.0. The second-order valence-corrected chi connectivity index (χ2v) is 6.33. The van der Waals surface area contributed by atoms with Crippen molar-refractivity contribution in [2.75, 3.05) is 24.2 Å². The lowest BCUT2D eigenvalue weighted by Gasteiger charge is -2.20. The fourth-order valence-corrected chi connectivity index (χ4v) is 3.33. The van der Waals surface area contributed by atoms with Gasteiger partial charge < -0.3 is 4.90 Å². The molecule has 0 aliphatic carbocycles. The van der Waals surface area contributed by atoms with Crippen LogP contribution in [-0.2, 0) is 20.0 Å². The Kier molecular flexibility index (Phi) is 3.64. The van der Waals surface area contributed by atoms with E-state index in [1.54, 1.807) is 4.68 Å². The van der Waals surface area contributed by atoms with E-state index in [9.17, 15) is 4.79 Å². The van der Waals surface area contributed by atoms with Crippen molar-refractivity contribution in [3.8, 4) is 0 Å². The predicted octanol–water partition coefficient (Wildman–Crippen LogP) is 1.82. The van der Waals surface area contributed by atoms with E-state index in [0.29, 0.717) is 10.9 Å². The number of rotatable bonds is 2. The lowest BCUT2D eigenvalue weighted by Crippen LogP contribution is -2.25. The highest BCUT2D eigenvalue weighted by molar-refractivity contribution is 7.15. The third kappa shape index (κ3) is 3.06. The van der Waals surface area contributed by atoms with Gasteiger partial charge in [-0.1, -0.05) is 0 Å². The van der Waals surface area contributed by atoms with Crippen LogP contribution in [-0.4, -0.2) is 39.3 Å². The Morgan fingerprint density at radius 1 is 1.38 bits per heavy atom. The molecule has 0 atom stereocenters. The van der Waals surface area contributed by atoms with Gasteiger partial charge in [-0.05, 0) is 14.0 Å². The fourth-order valence-electron chi connectivity index (χ4n) is 2.24. The van der Waals surface area contributed by atoms with Crippen LogP contribution in [0.5, 0.6) is 0 Å². The van der Waals surface area contributed by atoms with Crippen molar-refractivity contribution in [3.05, 3.63) is 22.3 Å². The van der Waals surface area contributed by atoms with Crippen molar-refractivity contribution in [2.24, 2.45) is 7.05 Å². The van der Waals surface area contributed by atoms with Gasteiger partial charge in [0.15, 0.2) is 10.9 Å². The van der Waals surface area contributed by atoms with Crippen molar-refractivity contribution >= 4 is 28.3 Å². The van der Waals surface area contributed by atoms with Crippen LogP contribution in [0.25, 0.3) is 0 Å². The molecule has 0 spiro atoms. The number of amides is 2. The third-order valence-corrected chi connectivity index (χ3v) is 4.50. The molecule has 0 saturated carbocycles. The van der Waals surface area contributed by atoms with Crippen molar-refractivity contribution in [1.29, 1.82) is 0 Å². The van der Waals surface area contributed by atoms with Crippen LogP contribution in [0.2, 0.25) is 0 Å². The molecule has 112 valence electrons. The summed E-state index contributed by atoms with van der Waals surface area (Å²) in [5.74, 6) is 0.536. The molecule has 0 radical (unpaired) electrons. The number of nitrogens with one attached hydrogen (secondary N) is 2. The van der Waals surface area contributed by atoms with Crippen LogP contribution in [0.4, 0.5) is 15.7 Å². The lowest BCUT2D eigenvalue weighted by molar-refractivity contribution is 0.262. The van der Waals surface area contributed by atoms with Crippen LogP contribution in [0.1, 0.15) is 16.3 Å². The maximum atomic E-state index is 12.0. The Labute approximate surface area is 127 Å². The quantitative estimate of drug-likeness (QED) is 0.887. The van der Waals surface area contributed by atoms with Gasteiger partial charge in [-0.2, -0.15) is 5.10 Å². The number of fused-ring (bicyclic) bond motifs is 1. The van der Waals surface area contributed by atoms with E-state index in [0.717, 1.165) is 30.9 Å². The van der Waals surface area contributed by atoms with Crippen LogP contribution < -0.4 is 10.6 Å². The number of aromatic nitrogens is 3. The van der Waals surface area contributed by atoms with E-state index < -0.39 is 0 Å². The van der Waals surface area contributed by atoms with Gasteiger partial charge in [0, 0.05) is 43.2 Å². The van der Waals surface area contributed by atoms with E-state index in [1.807, 2.05) is 20.0 Å². The number of carbonyl (C=O) groups excluding carboxylic acids is 1. The average Bonchev–Trinajstić information content (AvgIpc) is 2.92. The Morgan fingerprint density at radius 2 is 2.19 bits per heavy atom. The number of hydrogen-bond acceptors (Lipinski definition) is 5. The minimum Gasteiger partial charge on any atom is -0.301 e. The first-order valence-corrected chi connectivity index (χ1v) is 7.58. The molecule has 2 aromatic heterocycles. The number of nitrogens with zero attached hydrogens (tertiary/aromatic N) is 4. The van der Waals surface area contributed by atoms with E-state index in [4.69, 9.17) is 0 Å². The van der Waals surface area contributed by atoms with Crippen LogP contribution in [0, 0.1) is 6.92 Å². The maximum Gasteiger partial charge on any atom is 0.326 e. The summed E-state index contributed by atoms with van der Waals surface area (Å²) in [4.78, 5) is 19.9. The molecular weight excluding hydrogens is 288 g/mol. The van der Waals surface area contributed by atoms with Crippen LogP contribution in [0.3, 0.4) is 0 Å².